The molecular formula is C12H11N5S. The van der Waals surface area contributed by atoms with Crippen LogP contribution in [0.1, 0.15) is 5.01 Å². The van der Waals surface area contributed by atoms with Crippen molar-refractivity contribution in [2.45, 2.75) is 6.54 Å². The first-order valence-electron chi connectivity index (χ1n) is 5.50. The topological polar surface area (TPSA) is 55.6 Å². The third-order valence-corrected chi connectivity index (χ3v) is 3.19. The maximum Gasteiger partial charge on any atom is 0.153 e. The van der Waals surface area contributed by atoms with Crippen LogP contribution in [0.25, 0.3) is 5.82 Å². The van der Waals surface area contributed by atoms with Gasteiger partial charge in [0.2, 0.25) is 0 Å². The maximum absolute atomic E-state index is 4.34. The van der Waals surface area contributed by atoms with Crippen LogP contribution in [0, 0.1) is 0 Å². The van der Waals surface area contributed by atoms with Gasteiger partial charge >= 0.3 is 0 Å². The fraction of sp³-hybridized carbons (Fsp3) is 0.0833. The Morgan fingerprint density at radius 3 is 2.89 bits per heavy atom. The molecule has 0 amide bonds. The van der Waals surface area contributed by atoms with Crippen molar-refractivity contribution in [1.82, 2.24) is 19.7 Å². The Labute approximate surface area is 108 Å². The van der Waals surface area contributed by atoms with Crippen molar-refractivity contribution in [3.63, 3.8) is 0 Å². The molecule has 0 atom stereocenters. The molecule has 3 aromatic rings. The van der Waals surface area contributed by atoms with E-state index in [1.807, 2.05) is 29.8 Å². The van der Waals surface area contributed by atoms with Crippen molar-refractivity contribution >= 4 is 17.0 Å². The quantitative estimate of drug-likeness (QED) is 0.779. The second-order valence-corrected chi connectivity index (χ2v) is 4.61. The first-order chi connectivity index (χ1) is 8.92. The summed E-state index contributed by atoms with van der Waals surface area (Å²) in [6.07, 6.45) is 7.20. The highest BCUT2D eigenvalue weighted by atomic mass is 32.1. The van der Waals surface area contributed by atoms with Gasteiger partial charge in [-0.1, -0.05) is 0 Å². The molecule has 0 saturated carbocycles. The van der Waals surface area contributed by atoms with Gasteiger partial charge in [0.05, 0.1) is 18.4 Å². The SMILES string of the molecule is c1cnn(-c2ccc(NCc3nccs3)cn2)c1. The molecule has 5 nitrogen and oxygen atoms in total. The van der Waals surface area contributed by atoms with Crippen molar-refractivity contribution in [2.24, 2.45) is 0 Å². The number of anilines is 1. The Morgan fingerprint density at radius 1 is 1.22 bits per heavy atom. The highest BCUT2D eigenvalue weighted by Gasteiger charge is 1.99. The number of hydrogen-bond acceptors (Lipinski definition) is 5. The number of pyridine rings is 1. The van der Waals surface area contributed by atoms with Crippen LogP contribution in [-0.4, -0.2) is 19.7 Å². The molecule has 0 aliphatic rings. The lowest BCUT2D eigenvalue weighted by Gasteiger charge is -2.05. The van der Waals surface area contributed by atoms with Gasteiger partial charge in [0.1, 0.15) is 5.01 Å². The second kappa shape index (κ2) is 4.97. The van der Waals surface area contributed by atoms with E-state index in [4.69, 9.17) is 0 Å². The lowest BCUT2D eigenvalue weighted by Crippen LogP contribution is -2.01. The number of rotatable bonds is 4. The lowest BCUT2D eigenvalue weighted by molar-refractivity contribution is 0.847. The fourth-order valence-electron chi connectivity index (χ4n) is 1.55. The monoisotopic (exact) mass is 257 g/mol. The van der Waals surface area contributed by atoms with Gasteiger partial charge in [0, 0.05) is 24.0 Å². The van der Waals surface area contributed by atoms with E-state index >= 15 is 0 Å². The Hall–Kier alpha value is -2.21. The Bertz CT molecular complexity index is 586. The summed E-state index contributed by atoms with van der Waals surface area (Å²) in [4.78, 5) is 8.55. The van der Waals surface area contributed by atoms with Gasteiger partial charge in [-0.2, -0.15) is 5.10 Å². The second-order valence-electron chi connectivity index (χ2n) is 3.64. The summed E-state index contributed by atoms with van der Waals surface area (Å²) >= 11 is 1.64. The van der Waals surface area contributed by atoms with E-state index < -0.39 is 0 Å². The first kappa shape index (κ1) is 10.9. The van der Waals surface area contributed by atoms with E-state index in [9.17, 15) is 0 Å². The normalized spacial score (nSPS) is 10.4. The van der Waals surface area contributed by atoms with Gasteiger partial charge in [0.15, 0.2) is 5.82 Å². The Balaban J connectivity index is 1.68. The van der Waals surface area contributed by atoms with Crippen molar-refractivity contribution in [3.05, 3.63) is 53.4 Å². The molecule has 6 heteroatoms. The summed E-state index contributed by atoms with van der Waals surface area (Å²) in [7, 11) is 0. The lowest BCUT2D eigenvalue weighted by atomic mass is 10.4. The van der Waals surface area contributed by atoms with E-state index in [2.05, 4.69) is 20.4 Å². The molecule has 0 spiro atoms. The fourth-order valence-corrected chi connectivity index (χ4v) is 2.10. The predicted octanol–water partition coefficient (Wildman–Crippen LogP) is 2.34. The summed E-state index contributed by atoms with van der Waals surface area (Å²) < 4.78 is 1.73. The van der Waals surface area contributed by atoms with Crippen molar-refractivity contribution in [3.8, 4) is 5.82 Å². The average molecular weight is 257 g/mol. The third kappa shape index (κ3) is 2.38. The summed E-state index contributed by atoms with van der Waals surface area (Å²) in [5.74, 6) is 0.805. The summed E-state index contributed by atoms with van der Waals surface area (Å²) in [5.41, 5.74) is 0.973. The molecule has 3 heterocycles. The molecule has 1 N–H and O–H groups in total. The zero-order valence-corrected chi connectivity index (χ0v) is 10.3. The van der Waals surface area contributed by atoms with Gasteiger partial charge in [-0.25, -0.2) is 14.6 Å². The molecule has 3 rings (SSSR count). The van der Waals surface area contributed by atoms with E-state index in [1.165, 1.54) is 0 Å². The molecule has 0 aromatic carbocycles. The highest BCUT2D eigenvalue weighted by molar-refractivity contribution is 7.09. The minimum atomic E-state index is 0.723. The number of nitrogens with one attached hydrogen (secondary N) is 1. The van der Waals surface area contributed by atoms with Crippen molar-refractivity contribution in [2.75, 3.05) is 5.32 Å². The van der Waals surface area contributed by atoms with Crippen molar-refractivity contribution in [1.29, 1.82) is 0 Å². The molecule has 0 aliphatic heterocycles. The van der Waals surface area contributed by atoms with Crippen LogP contribution in [0.5, 0.6) is 0 Å². The van der Waals surface area contributed by atoms with Crippen LogP contribution in [0.2, 0.25) is 0 Å². The van der Waals surface area contributed by atoms with E-state index in [0.717, 1.165) is 23.1 Å². The van der Waals surface area contributed by atoms with Gasteiger partial charge in [-0.3, -0.25) is 0 Å². The third-order valence-electron chi connectivity index (χ3n) is 2.41. The number of nitrogens with zero attached hydrogens (tertiary/aromatic N) is 4. The standard InChI is InChI=1S/C12H11N5S/c1-4-16-17(6-1)11-3-2-10(8-15-11)14-9-12-13-5-7-18-12/h1-8,14H,9H2. The van der Waals surface area contributed by atoms with Gasteiger partial charge in [-0.05, 0) is 18.2 Å². The van der Waals surface area contributed by atoms with Crippen LogP contribution in [0.15, 0.2) is 48.4 Å². The molecular weight excluding hydrogens is 246 g/mol. The zero-order chi connectivity index (χ0) is 12.2. The summed E-state index contributed by atoms with van der Waals surface area (Å²) in [6, 6.07) is 5.78. The van der Waals surface area contributed by atoms with Gasteiger partial charge in [0.25, 0.3) is 0 Å². The first-order valence-corrected chi connectivity index (χ1v) is 6.38. The summed E-state index contributed by atoms with van der Waals surface area (Å²) in [5, 5.41) is 10.4. The highest BCUT2D eigenvalue weighted by Crippen LogP contribution is 2.11. The minimum absolute atomic E-state index is 0.723. The maximum atomic E-state index is 4.34. The van der Waals surface area contributed by atoms with Crippen LogP contribution in [0.3, 0.4) is 0 Å². The summed E-state index contributed by atoms with van der Waals surface area (Å²) in [6.45, 7) is 0.723. The van der Waals surface area contributed by atoms with Gasteiger partial charge < -0.3 is 5.32 Å². The number of thiazole rings is 1. The zero-order valence-electron chi connectivity index (χ0n) is 9.52. The average Bonchev–Trinajstić information content (AvgIpc) is 3.10. The van der Waals surface area contributed by atoms with E-state index in [-0.39, 0.29) is 0 Å². The smallest absolute Gasteiger partial charge is 0.153 e. The number of aromatic nitrogens is 4. The largest absolute Gasteiger partial charge is 0.377 e. The van der Waals surface area contributed by atoms with E-state index in [1.54, 1.807) is 34.6 Å². The van der Waals surface area contributed by atoms with Gasteiger partial charge in [-0.15, -0.1) is 11.3 Å². The molecule has 0 bridgehead atoms. The Morgan fingerprint density at radius 2 is 2.22 bits per heavy atom. The van der Waals surface area contributed by atoms with Crippen LogP contribution >= 0.6 is 11.3 Å². The predicted molar refractivity (Wildman–Crippen MR) is 70.8 cm³/mol. The van der Waals surface area contributed by atoms with Crippen LogP contribution in [-0.2, 0) is 6.54 Å². The Kier molecular flexibility index (Phi) is 3.01. The molecule has 18 heavy (non-hydrogen) atoms. The molecule has 0 unspecified atom stereocenters. The molecule has 0 fully saturated rings. The number of hydrogen-bond donors (Lipinski definition) is 1. The van der Waals surface area contributed by atoms with Crippen molar-refractivity contribution < 1.29 is 0 Å². The molecule has 90 valence electrons. The molecule has 3 aromatic heterocycles. The minimum Gasteiger partial charge on any atom is -0.377 e. The van der Waals surface area contributed by atoms with Crippen LogP contribution in [0.4, 0.5) is 5.69 Å². The van der Waals surface area contributed by atoms with E-state index in [0.29, 0.717) is 0 Å². The molecule has 0 aliphatic carbocycles. The molecule has 0 saturated heterocycles. The molecule has 0 radical (unpaired) electrons. The van der Waals surface area contributed by atoms with Crippen LogP contribution < -0.4 is 5.32 Å².